The van der Waals surface area contributed by atoms with Gasteiger partial charge in [-0.25, -0.2) is 14.6 Å². The summed E-state index contributed by atoms with van der Waals surface area (Å²) in [4.78, 5) is 27.8. The molecule has 0 amide bonds. The Morgan fingerprint density at radius 2 is 1.92 bits per heavy atom. The number of ether oxygens (including phenoxy) is 1. The third-order valence-corrected chi connectivity index (χ3v) is 9.30. The minimum absolute atomic E-state index is 0.127. The summed E-state index contributed by atoms with van der Waals surface area (Å²) < 4.78 is 14.1. The number of anilines is 1. The Balaban J connectivity index is 1.40. The van der Waals surface area contributed by atoms with Crippen LogP contribution in [-0.2, 0) is 16.6 Å². The fourth-order valence-electron chi connectivity index (χ4n) is 7.22. The number of nitrogens with zero attached hydrogens (tertiary/aromatic N) is 7. The predicted octanol–water partition coefficient (Wildman–Crippen LogP) is 3.68. The fraction of sp³-hybridized carbons (Fsp3) is 0.667. The first-order chi connectivity index (χ1) is 18.0. The lowest BCUT2D eigenvalue weighted by Crippen LogP contribution is -2.41. The molecule has 0 aromatic carbocycles. The lowest BCUT2D eigenvalue weighted by atomic mass is 9.64. The highest BCUT2D eigenvalue weighted by Crippen LogP contribution is 2.48. The SMILES string of the molecule is C[C@@H]([C@@H]1CCCN1C)n1nc2c3c(nc(-c4noc5c4CCC[C@@]54CCCCC4=O)nc31)N(C)CCO2. The largest absolute Gasteiger partial charge is 0.474 e. The van der Waals surface area contributed by atoms with Gasteiger partial charge in [0.15, 0.2) is 22.9 Å². The van der Waals surface area contributed by atoms with Gasteiger partial charge < -0.3 is 19.1 Å². The fourth-order valence-corrected chi connectivity index (χ4v) is 7.22. The van der Waals surface area contributed by atoms with E-state index in [1.165, 1.54) is 6.42 Å². The summed E-state index contributed by atoms with van der Waals surface area (Å²) in [5, 5.41) is 10.3. The van der Waals surface area contributed by atoms with Crippen LogP contribution >= 0.6 is 0 Å². The average Bonchev–Trinajstić information content (AvgIpc) is 3.60. The zero-order chi connectivity index (χ0) is 25.3. The summed E-state index contributed by atoms with van der Waals surface area (Å²) >= 11 is 0. The number of hydrogen-bond donors (Lipinski definition) is 0. The van der Waals surface area contributed by atoms with E-state index in [2.05, 4.69) is 28.9 Å². The molecule has 10 nitrogen and oxygen atoms in total. The third kappa shape index (κ3) is 3.37. The summed E-state index contributed by atoms with van der Waals surface area (Å²) in [5.41, 5.74) is 1.93. The minimum atomic E-state index is -0.520. The van der Waals surface area contributed by atoms with Gasteiger partial charge in [0.2, 0.25) is 5.88 Å². The molecule has 4 aliphatic rings. The van der Waals surface area contributed by atoms with Crippen LogP contribution < -0.4 is 9.64 Å². The van der Waals surface area contributed by atoms with E-state index in [1.807, 2.05) is 11.7 Å². The molecule has 2 fully saturated rings. The maximum Gasteiger partial charge on any atom is 0.246 e. The van der Waals surface area contributed by atoms with Crippen LogP contribution in [0.3, 0.4) is 0 Å². The van der Waals surface area contributed by atoms with Gasteiger partial charge in [-0.15, -0.1) is 5.10 Å². The molecule has 0 unspecified atom stereocenters. The molecule has 5 heterocycles. The number of likely N-dealkylation sites (N-methyl/N-ethyl adjacent to an activating group) is 2. The lowest BCUT2D eigenvalue weighted by Gasteiger charge is -2.36. The number of Topliss-reactive ketones (excluding diaryl/α,β-unsaturated/α-hetero) is 1. The van der Waals surface area contributed by atoms with Crippen molar-refractivity contribution in [3.63, 3.8) is 0 Å². The van der Waals surface area contributed by atoms with E-state index in [9.17, 15) is 4.79 Å². The Morgan fingerprint density at radius 1 is 1.05 bits per heavy atom. The number of hydrogen-bond acceptors (Lipinski definition) is 9. The molecule has 1 spiro atoms. The van der Waals surface area contributed by atoms with Crippen molar-refractivity contribution in [1.82, 2.24) is 29.8 Å². The molecule has 0 bridgehead atoms. The van der Waals surface area contributed by atoms with Crippen molar-refractivity contribution in [2.45, 2.75) is 82.2 Å². The number of likely N-dealkylation sites (tertiary alicyclic amines) is 1. The van der Waals surface area contributed by atoms with Gasteiger partial charge in [0.05, 0.1) is 18.0 Å². The van der Waals surface area contributed by atoms with E-state index in [1.54, 1.807) is 0 Å². The molecule has 7 rings (SSSR count). The second kappa shape index (κ2) is 8.51. The molecule has 3 aromatic heterocycles. The number of carbonyl (C=O) groups is 1. The van der Waals surface area contributed by atoms with Crippen LogP contribution in [0.15, 0.2) is 4.52 Å². The number of rotatable bonds is 3. The molecule has 2 aliphatic carbocycles. The van der Waals surface area contributed by atoms with Gasteiger partial charge in [-0.05, 0) is 65.5 Å². The molecular formula is C27H35N7O3. The van der Waals surface area contributed by atoms with Gasteiger partial charge in [-0.1, -0.05) is 11.6 Å². The standard InChI is InChI=1S/C27H35N7O3/c1-16(18-9-7-13-32(18)2)34-25-20-24(33(3)14-15-36-26(20)30-34)28-23(29-25)21-17-8-6-12-27(22(17)37-31-21)11-5-4-10-19(27)35/h16,18H,4-15H2,1-3H3/t16-,18-,27+/m0/s1. The molecule has 196 valence electrons. The van der Waals surface area contributed by atoms with Crippen molar-refractivity contribution in [2.24, 2.45) is 0 Å². The Morgan fingerprint density at radius 3 is 2.73 bits per heavy atom. The zero-order valence-electron chi connectivity index (χ0n) is 22.0. The summed E-state index contributed by atoms with van der Waals surface area (Å²) in [5.74, 6) is 3.02. The summed E-state index contributed by atoms with van der Waals surface area (Å²) in [7, 11) is 4.22. The van der Waals surface area contributed by atoms with Crippen molar-refractivity contribution in [3.8, 4) is 17.4 Å². The molecule has 2 aliphatic heterocycles. The van der Waals surface area contributed by atoms with Gasteiger partial charge in [0.1, 0.15) is 23.6 Å². The smallest absolute Gasteiger partial charge is 0.246 e. The van der Waals surface area contributed by atoms with Crippen molar-refractivity contribution >= 4 is 22.6 Å². The van der Waals surface area contributed by atoms with E-state index >= 15 is 0 Å². The Kier molecular flexibility index (Phi) is 5.32. The first-order valence-corrected chi connectivity index (χ1v) is 13.8. The van der Waals surface area contributed by atoms with E-state index in [0.29, 0.717) is 48.8 Å². The summed E-state index contributed by atoms with van der Waals surface area (Å²) in [6.45, 7) is 4.56. The van der Waals surface area contributed by atoms with Gasteiger partial charge in [-0.2, -0.15) is 0 Å². The van der Waals surface area contributed by atoms with Crippen LogP contribution in [0.25, 0.3) is 22.6 Å². The first kappa shape index (κ1) is 23.1. The topological polar surface area (TPSA) is 102 Å². The van der Waals surface area contributed by atoms with Crippen LogP contribution in [0.1, 0.15) is 75.7 Å². The molecule has 1 saturated carbocycles. The minimum Gasteiger partial charge on any atom is -0.474 e. The first-order valence-electron chi connectivity index (χ1n) is 13.8. The third-order valence-electron chi connectivity index (χ3n) is 9.30. The predicted molar refractivity (Wildman–Crippen MR) is 138 cm³/mol. The van der Waals surface area contributed by atoms with Crippen molar-refractivity contribution in [3.05, 3.63) is 11.3 Å². The molecular weight excluding hydrogens is 470 g/mol. The van der Waals surface area contributed by atoms with Crippen molar-refractivity contribution < 1.29 is 14.1 Å². The Bertz CT molecular complexity index is 1380. The highest BCUT2D eigenvalue weighted by atomic mass is 16.5. The molecule has 3 atom stereocenters. The molecule has 1 saturated heterocycles. The number of carbonyl (C=O) groups excluding carboxylic acids is 1. The average molecular weight is 506 g/mol. The van der Waals surface area contributed by atoms with Crippen LogP contribution in [0.2, 0.25) is 0 Å². The maximum atomic E-state index is 13.2. The molecule has 37 heavy (non-hydrogen) atoms. The number of ketones is 1. The van der Waals surface area contributed by atoms with Crippen LogP contribution in [0.5, 0.6) is 5.88 Å². The van der Waals surface area contributed by atoms with Crippen molar-refractivity contribution in [2.75, 3.05) is 38.7 Å². The van der Waals surface area contributed by atoms with Crippen LogP contribution in [0, 0.1) is 0 Å². The lowest BCUT2D eigenvalue weighted by molar-refractivity contribution is -0.128. The van der Waals surface area contributed by atoms with E-state index < -0.39 is 5.41 Å². The normalized spacial score (nSPS) is 26.9. The number of aromatic nitrogens is 5. The summed E-state index contributed by atoms with van der Waals surface area (Å²) in [6.07, 6.45) is 8.43. The van der Waals surface area contributed by atoms with E-state index in [0.717, 1.165) is 79.7 Å². The number of fused-ring (bicyclic) bond motifs is 2. The van der Waals surface area contributed by atoms with E-state index in [-0.39, 0.29) is 6.04 Å². The quantitative estimate of drug-likeness (QED) is 0.527. The molecule has 0 radical (unpaired) electrons. The maximum absolute atomic E-state index is 13.2. The van der Waals surface area contributed by atoms with Gasteiger partial charge >= 0.3 is 0 Å². The molecule has 10 heteroatoms. The highest BCUT2D eigenvalue weighted by molar-refractivity contribution is 5.94. The second-order valence-electron chi connectivity index (χ2n) is 11.4. The Hall–Kier alpha value is -3.01. The summed E-state index contributed by atoms with van der Waals surface area (Å²) in [6, 6.07) is 0.512. The zero-order valence-corrected chi connectivity index (χ0v) is 22.0. The van der Waals surface area contributed by atoms with Crippen molar-refractivity contribution in [1.29, 1.82) is 0 Å². The molecule has 3 aromatic rings. The Labute approximate surface area is 216 Å². The second-order valence-corrected chi connectivity index (χ2v) is 11.4. The van der Waals surface area contributed by atoms with Gasteiger partial charge in [0, 0.05) is 25.1 Å². The monoisotopic (exact) mass is 505 g/mol. The van der Waals surface area contributed by atoms with Gasteiger partial charge in [0.25, 0.3) is 0 Å². The molecule has 0 N–H and O–H groups in total. The van der Waals surface area contributed by atoms with Gasteiger partial charge in [-0.3, -0.25) is 4.79 Å². The highest BCUT2D eigenvalue weighted by Gasteiger charge is 2.48. The van der Waals surface area contributed by atoms with Crippen LogP contribution in [0.4, 0.5) is 5.82 Å². The van der Waals surface area contributed by atoms with E-state index in [4.69, 9.17) is 24.3 Å². The van der Waals surface area contributed by atoms with Crippen LogP contribution in [-0.4, -0.2) is 75.4 Å².